The molecule has 0 N–H and O–H groups in total. The molecular formula is C28H25ClF2N6O3. The molecule has 5 rings (SSSR count). The lowest BCUT2D eigenvalue weighted by Crippen LogP contribution is -2.25. The zero-order chi connectivity index (χ0) is 28.6. The first-order valence-corrected chi connectivity index (χ1v) is 12.9. The molecule has 0 saturated carbocycles. The van der Waals surface area contributed by atoms with Crippen LogP contribution in [0.1, 0.15) is 42.0 Å². The third-order valence-electron chi connectivity index (χ3n) is 6.80. The molecule has 0 spiro atoms. The third-order valence-corrected chi connectivity index (χ3v) is 7.15. The number of hydrogen-bond donors (Lipinski definition) is 0. The van der Waals surface area contributed by atoms with Crippen LogP contribution in [0, 0.1) is 25.5 Å². The van der Waals surface area contributed by atoms with Gasteiger partial charge in [0.05, 0.1) is 23.3 Å². The Kier molecular flexibility index (Phi) is 7.57. The maximum atomic E-state index is 14.0. The molecule has 5 heterocycles. The van der Waals surface area contributed by atoms with E-state index < -0.39 is 17.2 Å². The van der Waals surface area contributed by atoms with Crippen molar-refractivity contribution in [1.82, 2.24) is 29.4 Å². The smallest absolute Gasteiger partial charge is 0.277 e. The van der Waals surface area contributed by atoms with Gasteiger partial charge in [0.25, 0.3) is 5.56 Å². The molecular weight excluding hydrogens is 542 g/mol. The summed E-state index contributed by atoms with van der Waals surface area (Å²) in [4.78, 5) is 44.3. The van der Waals surface area contributed by atoms with Crippen LogP contribution in [0.25, 0.3) is 17.1 Å². The second-order valence-electron chi connectivity index (χ2n) is 9.58. The summed E-state index contributed by atoms with van der Waals surface area (Å²) in [6.45, 7) is 5.97. The van der Waals surface area contributed by atoms with E-state index in [1.165, 1.54) is 4.57 Å². The van der Waals surface area contributed by atoms with Crippen LogP contribution >= 0.6 is 11.6 Å². The van der Waals surface area contributed by atoms with E-state index in [2.05, 4.69) is 15.0 Å². The number of carbonyl (C=O) groups is 1. The molecule has 4 aromatic rings. The Bertz CT molecular complexity index is 1680. The molecule has 4 aromatic heterocycles. The largest absolute Gasteiger partial charge is 0.485 e. The van der Waals surface area contributed by atoms with Gasteiger partial charge in [-0.2, -0.15) is 0 Å². The first kappa shape index (κ1) is 27.3. The fraction of sp³-hybridized carbons (Fsp3) is 0.286. The van der Waals surface area contributed by atoms with Crippen molar-refractivity contribution in [2.75, 3.05) is 13.1 Å². The van der Waals surface area contributed by atoms with Gasteiger partial charge in [0.15, 0.2) is 5.82 Å². The van der Waals surface area contributed by atoms with Crippen molar-refractivity contribution in [3.8, 4) is 22.8 Å². The maximum absolute atomic E-state index is 14.0. The highest BCUT2D eigenvalue weighted by Gasteiger charge is 2.27. The molecule has 1 unspecified atom stereocenters. The average molecular weight is 567 g/mol. The summed E-state index contributed by atoms with van der Waals surface area (Å²) in [5.74, 6) is -0.925. The molecule has 0 bridgehead atoms. The zero-order valence-corrected chi connectivity index (χ0v) is 22.7. The number of carbonyl (C=O) groups excluding carboxylic acids is 1. The number of nitrogens with zero attached hydrogens (tertiary/aromatic N) is 6. The van der Waals surface area contributed by atoms with E-state index in [0.717, 1.165) is 18.2 Å². The van der Waals surface area contributed by atoms with Gasteiger partial charge in [-0.3, -0.25) is 24.1 Å². The highest BCUT2D eigenvalue weighted by Crippen LogP contribution is 2.29. The predicted octanol–water partition coefficient (Wildman–Crippen LogP) is 4.55. The normalized spacial score (nSPS) is 14.9. The second kappa shape index (κ2) is 11.1. The topological polar surface area (TPSA) is 103 Å². The number of pyridine rings is 3. The maximum Gasteiger partial charge on any atom is 0.277 e. The van der Waals surface area contributed by atoms with Crippen LogP contribution in [-0.2, 0) is 11.4 Å². The van der Waals surface area contributed by atoms with Gasteiger partial charge in [0.1, 0.15) is 34.7 Å². The monoisotopic (exact) mass is 566 g/mol. The minimum Gasteiger partial charge on any atom is -0.485 e. The van der Waals surface area contributed by atoms with Crippen molar-refractivity contribution >= 4 is 17.5 Å². The van der Waals surface area contributed by atoms with E-state index >= 15 is 0 Å². The molecule has 1 saturated heterocycles. The molecule has 1 amide bonds. The molecule has 0 aliphatic carbocycles. The SMILES string of the molecule is CC(=O)N1CCC(c2nccc(-c3cc(-n4c(C)cc(OCc5ncc(F)cc5F)c(Cl)c4=O)c(C)cn3)n2)C1. The lowest BCUT2D eigenvalue weighted by Gasteiger charge is -2.17. The van der Waals surface area contributed by atoms with Gasteiger partial charge in [-0.15, -0.1) is 0 Å². The minimum atomic E-state index is -0.863. The van der Waals surface area contributed by atoms with Gasteiger partial charge >= 0.3 is 0 Å². The molecule has 1 aliphatic rings. The number of likely N-dealkylation sites (tertiary alicyclic amines) is 1. The highest BCUT2D eigenvalue weighted by molar-refractivity contribution is 6.31. The van der Waals surface area contributed by atoms with Crippen LogP contribution in [0.5, 0.6) is 5.75 Å². The van der Waals surface area contributed by atoms with Crippen LogP contribution in [0.4, 0.5) is 8.78 Å². The number of amides is 1. The van der Waals surface area contributed by atoms with Gasteiger partial charge in [0, 0.05) is 56.2 Å². The fourth-order valence-corrected chi connectivity index (χ4v) is 4.84. The third kappa shape index (κ3) is 5.42. The standard InChI is InChI=1S/C28H25ClF2N6O3/c1-15-11-33-22(21-4-6-32-27(35-21)18-5-7-36(13-18)17(3)38)10-24(15)37-16(2)8-25(26(29)28(37)39)40-14-23-20(31)9-19(30)12-34-23/h4,6,8-12,18H,5,7,13-14H2,1-3H3. The fourth-order valence-electron chi connectivity index (χ4n) is 4.65. The molecule has 1 aliphatic heterocycles. The van der Waals surface area contributed by atoms with Crippen molar-refractivity contribution in [3.05, 3.63) is 92.6 Å². The Balaban J connectivity index is 1.45. The first-order chi connectivity index (χ1) is 19.1. The van der Waals surface area contributed by atoms with Crippen molar-refractivity contribution < 1.29 is 18.3 Å². The number of aryl methyl sites for hydroxylation is 2. The predicted molar refractivity (Wildman–Crippen MR) is 143 cm³/mol. The zero-order valence-electron chi connectivity index (χ0n) is 22.0. The van der Waals surface area contributed by atoms with Crippen LogP contribution in [0.15, 0.2) is 47.7 Å². The molecule has 1 fully saturated rings. The van der Waals surface area contributed by atoms with Crippen molar-refractivity contribution in [2.45, 2.75) is 39.7 Å². The molecule has 206 valence electrons. The number of hydrogen-bond acceptors (Lipinski definition) is 7. The summed E-state index contributed by atoms with van der Waals surface area (Å²) in [7, 11) is 0. The Morgan fingerprint density at radius 2 is 1.93 bits per heavy atom. The van der Waals surface area contributed by atoms with Crippen molar-refractivity contribution in [1.29, 1.82) is 0 Å². The summed E-state index contributed by atoms with van der Waals surface area (Å²) in [5.41, 5.74) is 2.24. The van der Waals surface area contributed by atoms with Crippen LogP contribution in [-0.4, -0.2) is 48.4 Å². The van der Waals surface area contributed by atoms with E-state index in [9.17, 15) is 18.4 Å². The van der Waals surface area contributed by atoms with Crippen LogP contribution in [0.2, 0.25) is 5.02 Å². The van der Waals surface area contributed by atoms with E-state index in [-0.39, 0.29) is 34.9 Å². The summed E-state index contributed by atoms with van der Waals surface area (Å²) in [6, 6.07) is 5.76. The summed E-state index contributed by atoms with van der Waals surface area (Å²) in [5, 5.41) is -0.202. The Morgan fingerprint density at radius 1 is 1.12 bits per heavy atom. The lowest BCUT2D eigenvalue weighted by atomic mass is 10.1. The summed E-state index contributed by atoms with van der Waals surface area (Å²) < 4.78 is 34.1. The van der Waals surface area contributed by atoms with Gasteiger partial charge in [-0.25, -0.2) is 18.7 Å². The second-order valence-corrected chi connectivity index (χ2v) is 9.96. The van der Waals surface area contributed by atoms with E-state index in [4.69, 9.17) is 21.3 Å². The average Bonchev–Trinajstić information content (AvgIpc) is 3.43. The first-order valence-electron chi connectivity index (χ1n) is 12.5. The van der Waals surface area contributed by atoms with Gasteiger partial charge in [-0.1, -0.05) is 11.6 Å². The minimum absolute atomic E-state index is 0.0266. The molecule has 40 heavy (non-hydrogen) atoms. The van der Waals surface area contributed by atoms with Crippen LogP contribution in [0.3, 0.4) is 0 Å². The number of halogens is 3. The summed E-state index contributed by atoms with van der Waals surface area (Å²) in [6.07, 6.45) is 4.97. The lowest BCUT2D eigenvalue weighted by molar-refractivity contribution is -0.127. The Labute approximate surface area is 233 Å². The molecule has 12 heteroatoms. The quantitative estimate of drug-likeness (QED) is 0.337. The van der Waals surface area contributed by atoms with Crippen molar-refractivity contribution in [3.63, 3.8) is 0 Å². The van der Waals surface area contributed by atoms with E-state index in [0.29, 0.717) is 47.7 Å². The van der Waals surface area contributed by atoms with Crippen molar-refractivity contribution in [2.24, 2.45) is 0 Å². The van der Waals surface area contributed by atoms with E-state index in [1.54, 1.807) is 49.3 Å². The molecule has 9 nitrogen and oxygen atoms in total. The molecule has 0 aromatic carbocycles. The van der Waals surface area contributed by atoms with E-state index in [1.807, 2.05) is 6.92 Å². The molecule has 1 atom stereocenters. The molecule has 0 radical (unpaired) electrons. The Hall–Kier alpha value is -4.25. The highest BCUT2D eigenvalue weighted by atomic mass is 35.5. The number of rotatable bonds is 6. The number of ether oxygens (including phenoxy) is 1. The van der Waals surface area contributed by atoms with Gasteiger partial charge < -0.3 is 9.64 Å². The number of aromatic nitrogens is 5. The van der Waals surface area contributed by atoms with Gasteiger partial charge in [0.2, 0.25) is 5.91 Å². The summed E-state index contributed by atoms with van der Waals surface area (Å²) >= 11 is 6.39. The van der Waals surface area contributed by atoms with Gasteiger partial charge in [-0.05, 0) is 38.0 Å². The Morgan fingerprint density at radius 3 is 2.65 bits per heavy atom. The van der Waals surface area contributed by atoms with Crippen LogP contribution < -0.4 is 10.3 Å².